The Morgan fingerprint density at radius 2 is 1.44 bits per heavy atom. The topological polar surface area (TPSA) is 78.4 Å². The lowest BCUT2D eigenvalue weighted by molar-refractivity contribution is -0.139. The maximum atomic E-state index is 12.5. The second-order valence-electron chi connectivity index (χ2n) is 9.91. The fraction of sp³-hybridized carbons (Fsp3) is 0.900. The van der Waals surface area contributed by atoms with Crippen molar-refractivity contribution < 1.29 is 14.8 Å². The summed E-state index contributed by atoms with van der Waals surface area (Å²) in [4.78, 5) is 23.4. The van der Waals surface area contributed by atoms with Gasteiger partial charge < -0.3 is 5.32 Å². The zero-order valence-electron chi connectivity index (χ0n) is 15.8. The average molecular weight is 351 g/mol. The van der Waals surface area contributed by atoms with E-state index in [4.69, 9.17) is 5.21 Å². The van der Waals surface area contributed by atoms with Crippen LogP contribution in [0.5, 0.6) is 0 Å². The zero-order chi connectivity index (χ0) is 18.1. The molecule has 4 aliphatic carbocycles. The van der Waals surface area contributed by atoms with Crippen LogP contribution in [0.4, 0.5) is 0 Å². The number of rotatable bonds is 8. The Labute approximate surface area is 151 Å². The summed E-state index contributed by atoms with van der Waals surface area (Å²) in [6, 6.07) is 0. The van der Waals surface area contributed by atoms with Crippen LogP contribution in [-0.2, 0) is 9.59 Å². The molecule has 2 atom stereocenters. The van der Waals surface area contributed by atoms with Crippen LogP contribution in [0.3, 0.4) is 0 Å². The number of amides is 2. The third kappa shape index (κ3) is 4.36. The number of hydrogen-bond acceptors (Lipinski definition) is 3. The molecule has 0 aromatic rings. The number of carbonyl (C=O) groups excluding carboxylic acids is 2. The molecule has 2 amide bonds. The number of unbranched alkanes of at least 4 members (excludes halogenated alkanes) is 3. The first-order valence-corrected chi connectivity index (χ1v) is 10.00. The molecule has 0 saturated heterocycles. The van der Waals surface area contributed by atoms with E-state index in [0.29, 0.717) is 23.7 Å². The van der Waals surface area contributed by atoms with Gasteiger partial charge in [-0.05, 0) is 68.1 Å². The van der Waals surface area contributed by atoms with Crippen molar-refractivity contribution in [3.8, 4) is 0 Å². The lowest BCUT2D eigenvalue weighted by Gasteiger charge is -2.65. The Morgan fingerprint density at radius 1 is 0.880 bits per heavy atom. The van der Waals surface area contributed by atoms with E-state index in [1.54, 1.807) is 5.48 Å². The monoisotopic (exact) mass is 350 g/mol. The van der Waals surface area contributed by atoms with Crippen molar-refractivity contribution in [3.05, 3.63) is 0 Å². The molecule has 4 saturated carbocycles. The Balaban J connectivity index is 1.42. The molecule has 4 fully saturated rings. The van der Waals surface area contributed by atoms with E-state index < -0.39 is 0 Å². The molecule has 4 rings (SSSR count). The minimum atomic E-state index is -0.332. The smallest absolute Gasteiger partial charge is 0.243 e. The molecule has 0 heterocycles. The number of hydroxylamine groups is 1. The summed E-state index contributed by atoms with van der Waals surface area (Å²) in [5.74, 6) is 0.674. The van der Waals surface area contributed by atoms with Crippen LogP contribution in [0.15, 0.2) is 0 Å². The number of nitrogens with one attached hydrogen (secondary N) is 2. The lowest BCUT2D eigenvalue weighted by atomic mass is 9.43. The Kier molecular flexibility index (Phi) is 5.16. The van der Waals surface area contributed by atoms with Crippen LogP contribution in [-0.4, -0.2) is 22.6 Å². The third-order valence-corrected chi connectivity index (χ3v) is 6.71. The molecule has 0 aromatic carbocycles. The van der Waals surface area contributed by atoms with Gasteiger partial charge >= 0.3 is 0 Å². The quantitative estimate of drug-likeness (QED) is 0.355. The van der Waals surface area contributed by atoms with Crippen molar-refractivity contribution in [3.63, 3.8) is 0 Å². The van der Waals surface area contributed by atoms with E-state index in [-0.39, 0.29) is 17.4 Å². The highest BCUT2D eigenvalue weighted by Gasteiger charge is 2.60. The maximum absolute atomic E-state index is 12.5. The molecule has 25 heavy (non-hydrogen) atoms. The van der Waals surface area contributed by atoms with Crippen molar-refractivity contribution >= 4 is 11.8 Å². The molecule has 142 valence electrons. The van der Waals surface area contributed by atoms with Crippen LogP contribution < -0.4 is 10.8 Å². The average Bonchev–Trinajstić information content (AvgIpc) is 2.46. The number of hydrogen-bond donors (Lipinski definition) is 3. The minimum Gasteiger partial charge on any atom is -0.351 e. The van der Waals surface area contributed by atoms with Crippen molar-refractivity contribution in [2.75, 3.05) is 0 Å². The van der Waals surface area contributed by atoms with Gasteiger partial charge in [0, 0.05) is 18.4 Å². The Morgan fingerprint density at radius 3 is 1.96 bits per heavy atom. The molecule has 0 aromatic heterocycles. The molecule has 5 heteroatoms. The van der Waals surface area contributed by atoms with Crippen LogP contribution in [0, 0.1) is 16.7 Å². The molecule has 4 bridgehead atoms. The van der Waals surface area contributed by atoms with Gasteiger partial charge in [0.15, 0.2) is 0 Å². The standard InChI is InChI=1S/C20H34N2O3/c1-18-9-15-10-19(2,12-18)14-20(11-15,13-18)21-16(23)7-5-3-4-6-8-17(24)22-25/h15,25H,3-14H2,1-2H3,(H,21,23)(H,22,24). The second-order valence-corrected chi connectivity index (χ2v) is 9.91. The van der Waals surface area contributed by atoms with Crippen LogP contribution in [0.1, 0.15) is 90.9 Å². The van der Waals surface area contributed by atoms with E-state index in [1.807, 2.05) is 0 Å². The first-order valence-electron chi connectivity index (χ1n) is 10.00. The highest BCUT2D eigenvalue weighted by molar-refractivity contribution is 5.77. The summed E-state index contributed by atoms with van der Waals surface area (Å²) < 4.78 is 0. The fourth-order valence-corrected chi connectivity index (χ4v) is 6.93. The molecule has 3 N–H and O–H groups in total. The first-order chi connectivity index (χ1) is 11.8. The summed E-state index contributed by atoms with van der Waals surface area (Å²) in [6.07, 6.45) is 12.0. The maximum Gasteiger partial charge on any atom is 0.243 e. The predicted molar refractivity (Wildman–Crippen MR) is 95.9 cm³/mol. The molecule has 5 nitrogen and oxygen atoms in total. The second kappa shape index (κ2) is 6.90. The van der Waals surface area contributed by atoms with Crippen molar-refractivity contribution in [2.24, 2.45) is 16.7 Å². The summed E-state index contributed by atoms with van der Waals surface area (Å²) in [5, 5.41) is 11.9. The van der Waals surface area contributed by atoms with Gasteiger partial charge in [0.1, 0.15) is 0 Å². The third-order valence-electron chi connectivity index (χ3n) is 6.71. The fourth-order valence-electron chi connectivity index (χ4n) is 6.93. The van der Waals surface area contributed by atoms with Crippen molar-refractivity contribution in [1.29, 1.82) is 0 Å². The molecule has 4 aliphatic rings. The van der Waals surface area contributed by atoms with E-state index in [1.165, 1.54) is 25.7 Å². The van der Waals surface area contributed by atoms with Gasteiger partial charge in [-0.1, -0.05) is 26.7 Å². The summed E-state index contributed by atoms with van der Waals surface area (Å²) in [7, 11) is 0. The highest BCUT2D eigenvalue weighted by Crippen LogP contribution is 2.66. The first kappa shape index (κ1) is 18.7. The van der Waals surface area contributed by atoms with Crippen LogP contribution in [0.25, 0.3) is 0 Å². The van der Waals surface area contributed by atoms with Crippen molar-refractivity contribution in [1.82, 2.24) is 10.8 Å². The molecule has 0 spiro atoms. The van der Waals surface area contributed by atoms with Gasteiger partial charge in [0.25, 0.3) is 0 Å². The predicted octanol–water partition coefficient (Wildman–Crippen LogP) is 3.70. The van der Waals surface area contributed by atoms with Gasteiger partial charge in [-0.3, -0.25) is 14.8 Å². The molecular formula is C20H34N2O3. The SMILES string of the molecule is CC12CC3CC(C)(C1)CC(NC(=O)CCCCCCC(=O)NO)(C3)C2. The highest BCUT2D eigenvalue weighted by atomic mass is 16.5. The Hall–Kier alpha value is -1.10. The molecular weight excluding hydrogens is 316 g/mol. The van der Waals surface area contributed by atoms with Crippen molar-refractivity contribution in [2.45, 2.75) is 96.4 Å². The van der Waals surface area contributed by atoms with Gasteiger partial charge in [-0.25, -0.2) is 5.48 Å². The summed E-state index contributed by atoms with van der Waals surface area (Å²) in [5.41, 5.74) is 2.55. The number of carbonyl (C=O) groups is 2. The van der Waals surface area contributed by atoms with E-state index >= 15 is 0 Å². The van der Waals surface area contributed by atoms with E-state index in [9.17, 15) is 9.59 Å². The molecule has 0 radical (unpaired) electrons. The lowest BCUT2D eigenvalue weighted by Crippen LogP contribution is -2.65. The van der Waals surface area contributed by atoms with E-state index in [0.717, 1.165) is 44.4 Å². The zero-order valence-corrected chi connectivity index (χ0v) is 15.8. The minimum absolute atomic E-state index is 0.0548. The van der Waals surface area contributed by atoms with Crippen LogP contribution in [0.2, 0.25) is 0 Å². The van der Waals surface area contributed by atoms with Gasteiger partial charge in [0.2, 0.25) is 11.8 Å². The molecule has 0 aliphatic heterocycles. The largest absolute Gasteiger partial charge is 0.351 e. The van der Waals surface area contributed by atoms with Crippen LogP contribution >= 0.6 is 0 Å². The van der Waals surface area contributed by atoms with Gasteiger partial charge in [-0.15, -0.1) is 0 Å². The van der Waals surface area contributed by atoms with Gasteiger partial charge in [-0.2, -0.15) is 0 Å². The van der Waals surface area contributed by atoms with E-state index in [2.05, 4.69) is 19.2 Å². The van der Waals surface area contributed by atoms with Gasteiger partial charge in [0.05, 0.1) is 0 Å². The summed E-state index contributed by atoms with van der Waals surface area (Å²) >= 11 is 0. The summed E-state index contributed by atoms with van der Waals surface area (Å²) in [6.45, 7) is 4.86. The normalized spacial score (nSPS) is 38.6. The Bertz CT molecular complexity index is 515. The molecule has 2 unspecified atom stereocenters.